The summed E-state index contributed by atoms with van der Waals surface area (Å²) in [6.45, 7) is 4.25. The summed E-state index contributed by atoms with van der Waals surface area (Å²) >= 11 is 12.0. The molecule has 4 atom stereocenters. The zero-order valence-electron chi connectivity index (χ0n) is 18.2. The topological polar surface area (TPSA) is 99.1 Å². The first-order valence-corrected chi connectivity index (χ1v) is 11.2. The molecule has 2 aromatic rings. The molecule has 1 heterocycles. The van der Waals surface area contributed by atoms with Crippen LogP contribution in [-0.4, -0.2) is 29.7 Å². The van der Waals surface area contributed by atoms with Gasteiger partial charge in [0.2, 0.25) is 0 Å². The zero-order valence-corrected chi connectivity index (χ0v) is 19.7. The predicted octanol–water partition coefficient (Wildman–Crippen LogP) is 5.01. The van der Waals surface area contributed by atoms with Crippen molar-refractivity contribution in [3.63, 3.8) is 0 Å². The maximum absolute atomic E-state index is 15.3. The van der Waals surface area contributed by atoms with Crippen LogP contribution in [0.1, 0.15) is 43.7 Å². The molecule has 176 valence electrons. The SMILES string of the molecule is CC(C)(CCN)CC1N[C@H](C(=O)O)C(c2cccc(Cl)c2F)C1(C#N)c1ccc(Cl)cc1F. The number of hydrogen-bond acceptors (Lipinski definition) is 4. The number of hydrogen-bond donors (Lipinski definition) is 3. The number of halogens is 4. The Labute approximate surface area is 201 Å². The Hall–Kier alpha value is -2.24. The number of carboxylic acid groups (broad SMARTS) is 1. The van der Waals surface area contributed by atoms with Gasteiger partial charge in [-0.3, -0.25) is 10.1 Å². The van der Waals surface area contributed by atoms with Gasteiger partial charge in [-0.15, -0.1) is 0 Å². The smallest absolute Gasteiger partial charge is 0.321 e. The first-order chi connectivity index (χ1) is 15.5. The van der Waals surface area contributed by atoms with E-state index in [9.17, 15) is 15.2 Å². The highest BCUT2D eigenvalue weighted by Gasteiger charge is 2.61. The van der Waals surface area contributed by atoms with Crippen molar-refractivity contribution in [1.82, 2.24) is 5.32 Å². The molecule has 0 spiro atoms. The molecule has 0 aliphatic carbocycles. The quantitative estimate of drug-likeness (QED) is 0.501. The van der Waals surface area contributed by atoms with Crippen LogP contribution in [0.5, 0.6) is 0 Å². The van der Waals surface area contributed by atoms with Crippen LogP contribution in [0, 0.1) is 28.4 Å². The van der Waals surface area contributed by atoms with Gasteiger partial charge in [0, 0.05) is 22.5 Å². The number of nitrogens with two attached hydrogens (primary N) is 1. The Balaban J connectivity index is 2.34. The fourth-order valence-electron chi connectivity index (χ4n) is 4.98. The summed E-state index contributed by atoms with van der Waals surface area (Å²) in [5.41, 5.74) is 3.45. The summed E-state index contributed by atoms with van der Waals surface area (Å²) in [6, 6.07) is 8.06. The van der Waals surface area contributed by atoms with Gasteiger partial charge in [0.1, 0.15) is 23.1 Å². The zero-order chi connectivity index (χ0) is 24.6. The molecule has 0 radical (unpaired) electrons. The van der Waals surface area contributed by atoms with Crippen molar-refractivity contribution in [3.8, 4) is 6.07 Å². The number of benzene rings is 2. The molecule has 1 fully saturated rings. The van der Waals surface area contributed by atoms with Gasteiger partial charge in [-0.05, 0) is 48.6 Å². The molecular weight excluding hydrogens is 471 g/mol. The summed E-state index contributed by atoms with van der Waals surface area (Å²) in [7, 11) is 0. The molecule has 0 aromatic heterocycles. The molecule has 0 amide bonds. The van der Waals surface area contributed by atoms with Crippen LogP contribution in [0.4, 0.5) is 8.78 Å². The van der Waals surface area contributed by atoms with E-state index in [-0.39, 0.29) is 21.2 Å². The van der Waals surface area contributed by atoms with E-state index in [0.29, 0.717) is 19.4 Å². The van der Waals surface area contributed by atoms with Crippen molar-refractivity contribution >= 4 is 29.2 Å². The number of rotatable bonds is 7. The number of nitrogens with one attached hydrogen (secondary N) is 1. The number of nitrogens with zero attached hydrogens (tertiary/aromatic N) is 1. The van der Waals surface area contributed by atoms with Crippen LogP contribution in [0.25, 0.3) is 0 Å². The first kappa shape index (κ1) is 25.4. The maximum Gasteiger partial charge on any atom is 0.321 e. The minimum absolute atomic E-state index is 0.0522. The van der Waals surface area contributed by atoms with Gasteiger partial charge in [-0.25, -0.2) is 8.78 Å². The Bertz CT molecular complexity index is 1110. The normalized spacial score (nSPS) is 25.1. The van der Waals surface area contributed by atoms with Gasteiger partial charge >= 0.3 is 5.97 Å². The Morgan fingerprint density at radius 1 is 1.30 bits per heavy atom. The lowest BCUT2D eigenvalue weighted by Gasteiger charge is -2.38. The summed E-state index contributed by atoms with van der Waals surface area (Å²) < 4.78 is 30.6. The molecule has 4 N–H and O–H groups in total. The lowest BCUT2D eigenvalue weighted by atomic mass is 9.62. The van der Waals surface area contributed by atoms with Crippen LogP contribution >= 0.6 is 23.2 Å². The lowest BCUT2D eigenvalue weighted by Crippen LogP contribution is -2.45. The van der Waals surface area contributed by atoms with Crippen LogP contribution in [-0.2, 0) is 10.2 Å². The second-order valence-electron chi connectivity index (χ2n) is 9.17. The Morgan fingerprint density at radius 3 is 2.58 bits per heavy atom. The highest BCUT2D eigenvalue weighted by Crippen LogP contribution is 2.53. The second kappa shape index (κ2) is 9.55. The molecule has 1 saturated heterocycles. The fourth-order valence-corrected chi connectivity index (χ4v) is 5.32. The van der Waals surface area contributed by atoms with Crippen molar-refractivity contribution in [2.75, 3.05) is 6.54 Å². The molecule has 0 bridgehead atoms. The molecule has 0 saturated carbocycles. The molecule has 3 unspecified atom stereocenters. The first-order valence-electron chi connectivity index (χ1n) is 10.5. The average Bonchev–Trinajstić information content (AvgIpc) is 3.04. The third-order valence-electron chi connectivity index (χ3n) is 6.48. The van der Waals surface area contributed by atoms with Gasteiger partial charge in [-0.2, -0.15) is 5.26 Å². The largest absolute Gasteiger partial charge is 0.480 e. The predicted molar refractivity (Wildman–Crippen MR) is 123 cm³/mol. The van der Waals surface area contributed by atoms with E-state index >= 15 is 8.78 Å². The molecule has 5 nitrogen and oxygen atoms in total. The van der Waals surface area contributed by atoms with E-state index in [1.165, 1.54) is 30.3 Å². The minimum atomic E-state index is -1.77. The molecule has 1 aliphatic rings. The van der Waals surface area contributed by atoms with Crippen molar-refractivity contribution in [2.45, 2.75) is 50.1 Å². The van der Waals surface area contributed by atoms with Crippen LogP contribution in [0.2, 0.25) is 10.0 Å². The number of nitriles is 1. The maximum atomic E-state index is 15.3. The highest BCUT2D eigenvalue weighted by molar-refractivity contribution is 6.31. The summed E-state index contributed by atoms with van der Waals surface area (Å²) in [5, 5.41) is 23.6. The number of carbonyl (C=O) groups is 1. The molecule has 2 aromatic carbocycles. The van der Waals surface area contributed by atoms with Crippen molar-refractivity contribution in [1.29, 1.82) is 5.26 Å². The van der Waals surface area contributed by atoms with Crippen LogP contribution in [0.3, 0.4) is 0 Å². The highest BCUT2D eigenvalue weighted by atomic mass is 35.5. The fraction of sp³-hybridized carbons (Fsp3) is 0.417. The summed E-state index contributed by atoms with van der Waals surface area (Å²) in [6.07, 6.45) is 0.881. The van der Waals surface area contributed by atoms with Crippen LogP contribution < -0.4 is 11.1 Å². The molecule has 3 rings (SSSR count). The van der Waals surface area contributed by atoms with Gasteiger partial charge in [-0.1, -0.05) is 55.2 Å². The van der Waals surface area contributed by atoms with Gasteiger partial charge in [0.25, 0.3) is 0 Å². The van der Waals surface area contributed by atoms with E-state index in [1.807, 2.05) is 13.8 Å². The molecule has 1 aliphatic heterocycles. The lowest BCUT2D eigenvalue weighted by molar-refractivity contribution is -0.139. The van der Waals surface area contributed by atoms with E-state index < -0.39 is 46.4 Å². The number of aliphatic carboxylic acids is 1. The van der Waals surface area contributed by atoms with Gasteiger partial charge < -0.3 is 10.8 Å². The summed E-state index contributed by atoms with van der Waals surface area (Å²) in [4.78, 5) is 12.3. The van der Waals surface area contributed by atoms with Gasteiger partial charge in [0.05, 0.1) is 11.1 Å². The average molecular weight is 496 g/mol. The monoisotopic (exact) mass is 495 g/mol. The third kappa shape index (κ3) is 4.58. The molecule has 33 heavy (non-hydrogen) atoms. The van der Waals surface area contributed by atoms with E-state index in [2.05, 4.69) is 11.4 Å². The Kier molecular flexibility index (Phi) is 7.35. The van der Waals surface area contributed by atoms with E-state index in [0.717, 1.165) is 6.07 Å². The van der Waals surface area contributed by atoms with Gasteiger partial charge in [0.15, 0.2) is 0 Å². The Morgan fingerprint density at radius 2 is 2.00 bits per heavy atom. The van der Waals surface area contributed by atoms with E-state index in [4.69, 9.17) is 28.9 Å². The van der Waals surface area contributed by atoms with Crippen molar-refractivity contribution in [2.24, 2.45) is 11.1 Å². The molecular formula is C24H25Cl2F2N3O2. The molecule has 9 heteroatoms. The standard InChI is InChI=1S/C24H25Cl2F2N3O2/c1-23(2,8-9-29)11-18-24(12-30,15-7-6-13(25)10-17(15)27)19(21(31-18)22(32)33)14-4-3-5-16(26)20(14)28/h3-7,10,18-19,21,31H,8-9,11,29H2,1-2H3,(H,32,33)/t18?,19?,21-,24?/m0/s1. The van der Waals surface area contributed by atoms with Crippen molar-refractivity contribution < 1.29 is 18.7 Å². The van der Waals surface area contributed by atoms with Crippen molar-refractivity contribution in [3.05, 3.63) is 69.2 Å². The van der Waals surface area contributed by atoms with E-state index in [1.54, 1.807) is 0 Å². The number of carboxylic acids is 1. The third-order valence-corrected chi connectivity index (χ3v) is 7.00. The second-order valence-corrected chi connectivity index (χ2v) is 10.0. The van der Waals surface area contributed by atoms with Crippen LogP contribution in [0.15, 0.2) is 36.4 Å². The summed E-state index contributed by atoms with van der Waals surface area (Å²) in [5.74, 6) is -4.17. The minimum Gasteiger partial charge on any atom is -0.480 e.